The van der Waals surface area contributed by atoms with Gasteiger partial charge < -0.3 is 15.8 Å². The molecule has 23 heavy (non-hydrogen) atoms. The summed E-state index contributed by atoms with van der Waals surface area (Å²) in [6.07, 6.45) is 5.23. The quantitative estimate of drug-likeness (QED) is 0.413. The van der Waals surface area contributed by atoms with Crippen molar-refractivity contribution >= 4 is 23.2 Å². The van der Waals surface area contributed by atoms with Crippen LogP contribution in [0, 0.1) is 0 Å². The van der Waals surface area contributed by atoms with Crippen LogP contribution in [0.25, 0.3) is 0 Å². The number of aromatic nitrogens is 3. The van der Waals surface area contributed by atoms with Gasteiger partial charge >= 0.3 is 0 Å². The number of amides is 1. The van der Waals surface area contributed by atoms with Gasteiger partial charge in [-0.1, -0.05) is 0 Å². The first kappa shape index (κ1) is 16.4. The number of carbonyl (C=O) groups is 1. The highest BCUT2D eigenvalue weighted by Crippen LogP contribution is 2.21. The normalized spacial score (nSPS) is 10.1. The van der Waals surface area contributed by atoms with Gasteiger partial charge in [-0.15, -0.1) is 0 Å². The third-order valence-corrected chi connectivity index (χ3v) is 2.92. The molecule has 0 aliphatic heterocycles. The highest BCUT2D eigenvalue weighted by molar-refractivity contribution is 5.94. The van der Waals surface area contributed by atoms with Crippen LogP contribution < -0.4 is 21.9 Å². The molecule has 0 radical (unpaired) electrons. The van der Waals surface area contributed by atoms with Crippen molar-refractivity contribution in [2.24, 2.45) is 0 Å². The van der Waals surface area contributed by atoms with Gasteiger partial charge in [-0.3, -0.25) is 20.6 Å². The molecule has 0 atom stereocenters. The Morgan fingerprint density at radius 2 is 2.17 bits per heavy atom. The summed E-state index contributed by atoms with van der Waals surface area (Å²) in [6.45, 7) is 1.31. The molecule has 0 saturated heterocycles. The second-order valence-electron chi connectivity index (χ2n) is 4.58. The number of hydrogen-bond acceptors (Lipinski definition) is 8. The standard InChI is InChI=1S/C14H19N7O2/c1-23-7-3-6-17-12-11(15)13(19-9-18-12)20-21-14(22)10-4-2-5-16-8-10/h2,4-5,8-9H,3,6-7,15H2,1H3,(H,21,22)(H2,17,18,19,20). The Balaban J connectivity index is 1.93. The second-order valence-corrected chi connectivity index (χ2v) is 4.58. The van der Waals surface area contributed by atoms with E-state index in [1.54, 1.807) is 25.4 Å². The summed E-state index contributed by atoms with van der Waals surface area (Å²) in [4.78, 5) is 23.9. The first-order valence-corrected chi connectivity index (χ1v) is 7.02. The molecular formula is C14H19N7O2. The molecule has 0 fully saturated rings. The number of nitrogens with zero attached hydrogens (tertiary/aromatic N) is 3. The van der Waals surface area contributed by atoms with Gasteiger partial charge in [0.2, 0.25) is 0 Å². The first-order chi connectivity index (χ1) is 11.2. The Labute approximate surface area is 133 Å². The molecule has 0 saturated carbocycles. The molecule has 0 aliphatic rings. The molecule has 0 bridgehead atoms. The predicted octanol–water partition coefficient (Wildman–Crippen LogP) is 0.659. The maximum Gasteiger partial charge on any atom is 0.271 e. The largest absolute Gasteiger partial charge is 0.393 e. The summed E-state index contributed by atoms with van der Waals surface area (Å²) in [5.74, 6) is 0.464. The Morgan fingerprint density at radius 1 is 1.35 bits per heavy atom. The zero-order valence-electron chi connectivity index (χ0n) is 12.7. The molecule has 1 amide bonds. The number of nitrogens with two attached hydrogens (primary N) is 1. The minimum absolute atomic E-state index is 0.312. The number of pyridine rings is 1. The smallest absolute Gasteiger partial charge is 0.271 e. The average molecular weight is 317 g/mol. The summed E-state index contributed by atoms with van der Waals surface area (Å²) in [5, 5.41) is 3.09. The van der Waals surface area contributed by atoms with Crippen LogP contribution in [0.4, 0.5) is 17.3 Å². The lowest BCUT2D eigenvalue weighted by molar-refractivity contribution is 0.0962. The number of ether oxygens (including phenoxy) is 1. The predicted molar refractivity (Wildman–Crippen MR) is 86.8 cm³/mol. The molecule has 9 nitrogen and oxygen atoms in total. The van der Waals surface area contributed by atoms with Crippen molar-refractivity contribution in [2.75, 3.05) is 36.7 Å². The van der Waals surface area contributed by atoms with Crippen LogP contribution >= 0.6 is 0 Å². The van der Waals surface area contributed by atoms with Crippen molar-refractivity contribution < 1.29 is 9.53 Å². The molecule has 2 rings (SSSR count). The van der Waals surface area contributed by atoms with Crippen LogP contribution in [0.2, 0.25) is 0 Å². The number of anilines is 3. The third kappa shape index (κ3) is 4.78. The monoisotopic (exact) mass is 317 g/mol. The lowest BCUT2D eigenvalue weighted by Crippen LogP contribution is -2.30. The molecule has 5 N–H and O–H groups in total. The molecule has 2 aromatic rings. The van der Waals surface area contributed by atoms with E-state index >= 15 is 0 Å². The molecule has 2 heterocycles. The van der Waals surface area contributed by atoms with Gasteiger partial charge in [0.25, 0.3) is 5.91 Å². The fourth-order valence-electron chi connectivity index (χ4n) is 1.74. The van der Waals surface area contributed by atoms with E-state index in [4.69, 9.17) is 10.5 Å². The van der Waals surface area contributed by atoms with Crippen molar-refractivity contribution in [3.63, 3.8) is 0 Å². The SMILES string of the molecule is COCCCNc1ncnc(NNC(=O)c2cccnc2)c1N. The Bertz CT molecular complexity index is 636. The van der Waals surface area contributed by atoms with Crippen LogP contribution in [0.1, 0.15) is 16.8 Å². The summed E-state index contributed by atoms with van der Waals surface area (Å²) >= 11 is 0. The van der Waals surface area contributed by atoms with Crippen molar-refractivity contribution in [3.05, 3.63) is 36.4 Å². The summed E-state index contributed by atoms with van der Waals surface area (Å²) in [7, 11) is 1.64. The van der Waals surface area contributed by atoms with Crippen molar-refractivity contribution in [3.8, 4) is 0 Å². The van der Waals surface area contributed by atoms with Gasteiger partial charge in [0.05, 0.1) is 5.56 Å². The molecular weight excluding hydrogens is 298 g/mol. The lowest BCUT2D eigenvalue weighted by Gasteiger charge is -2.13. The van der Waals surface area contributed by atoms with Gasteiger partial charge in [-0.05, 0) is 18.6 Å². The average Bonchev–Trinajstić information content (AvgIpc) is 2.59. The number of methoxy groups -OCH3 is 1. The van der Waals surface area contributed by atoms with Crippen molar-refractivity contribution in [1.82, 2.24) is 20.4 Å². The van der Waals surface area contributed by atoms with Gasteiger partial charge in [-0.2, -0.15) is 0 Å². The summed E-state index contributed by atoms with van der Waals surface area (Å²) in [5.41, 5.74) is 11.9. The van der Waals surface area contributed by atoms with Gasteiger partial charge in [0.15, 0.2) is 11.6 Å². The minimum atomic E-state index is -0.342. The highest BCUT2D eigenvalue weighted by atomic mass is 16.5. The van der Waals surface area contributed by atoms with Crippen LogP contribution in [0.3, 0.4) is 0 Å². The van der Waals surface area contributed by atoms with Crippen molar-refractivity contribution in [1.29, 1.82) is 0 Å². The lowest BCUT2D eigenvalue weighted by atomic mass is 10.3. The maximum absolute atomic E-state index is 11.9. The zero-order chi connectivity index (χ0) is 16.5. The molecule has 0 spiro atoms. The molecule has 122 valence electrons. The third-order valence-electron chi connectivity index (χ3n) is 2.92. The zero-order valence-corrected chi connectivity index (χ0v) is 12.7. The number of rotatable bonds is 8. The minimum Gasteiger partial charge on any atom is -0.393 e. The first-order valence-electron chi connectivity index (χ1n) is 7.02. The number of nitrogens with one attached hydrogen (secondary N) is 3. The van der Waals surface area contributed by atoms with E-state index in [0.717, 1.165) is 6.42 Å². The summed E-state index contributed by atoms with van der Waals surface area (Å²) < 4.78 is 4.97. The van der Waals surface area contributed by atoms with Crippen LogP contribution in [0.15, 0.2) is 30.9 Å². The van der Waals surface area contributed by atoms with E-state index in [-0.39, 0.29) is 5.91 Å². The Morgan fingerprint density at radius 3 is 2.91 bits per heavy atom. The van der Waals surface area contributed by atoms with E-state index in [2.05, 4.69) is 31.1 Å². The summed E-state index contributed by atoms with van der Waals surface area (Å²) in [6, 6.07) is 3.33. The Kier molecular flexibility index (Phi) is 6.07. The molecule has 0 unspecified atom stereocenters. The van der Waals surface area contributed by atoms with Crippen molar-refractivity contribution in [2.45, 2.75) is 6.42 Å². The number of carbonyl (C=O) groups excluding carboxylic acids is 1. The topological polar surface area (TPSA) is 127 Å². The molecule has 0 aliphatic carbocycles. The highest BCUT2D eigenvalue weighted by Gasteiger charge is 2.09. The fraction of sp³-hybridized carbons (Fsp3) is 0.286. The molecule has 9 heteroatoms. The molecule has 2 aromatic heterocycles. The van der Waals surface area contributed by atoms with E-state index in [9.17, 15) is 4.79 Å². The van der Waals surface area contributed by atoms with Crippen LogP contribution in [-0.4, -0.2) is 41.1 Å². The maximum atomic E-state index is 11.9. The van der Waals surface area contributed by atoms with E-state index in [1.807, 2.05) is 0 Å². The van der Waals surface area contributed by atoms with E-state index < -0.39 is 0 Å². The fourth-order valence-corrected chi connectivity index (χ4v) is 1.74. The number of hydrazine groups is 1. The Hall–Kier alpha value is -2.94. The number of nitrogen functional groups attached to an aromatic ring is 1. The van der Waals surface area contributed by atoms with Crippen LogP contribution in [0.5, 0.6) is 0 Å². The van der Waals surface area contributed by atoms with Gasteiger partial charge in [0, 0.05) is 32.7 Å². The van der Waals surface area contributed by atoms with Crippen LogP contribution in [-0.2, 0) is 4.74 Å². The van der Waals surface area contributed by atoms with Gasteiger partial charge in [-0.25, -0.2) is 9.97 Å². The number of hydrogen-bond donors (Lipinski definition) is 4. The van der Waals surface area contributed by atoms with Gasteiger partial charge in [0.1, 0.15) is 12.0 Å². The second kappa shape index (κ2) is 8.49. The van der Waals surface area contributed by atoms with E-state index in [0.29, 0.717) is 36.0 Å². The van der Waals surface area contributed by atoms with E-state index in [1.165, 1.54) is 12.5 Å². The molecule has 0 aromatic carbocycles.